The van der Waals surface area contributed by atoms with Gasteiger partial charge in [-0.2, -0.15) is 0 Å². The van der Waals surface area contributed by atoms with Crippen molar-refractivity contribution in [1.29, 1.82) is 0 Å². The summed E-state index contributed by atoms with van der Waals surface area (Å²) in [7, 11) is 0. The number of carbonyl (C=O) groups is 1. The molecule has 0 aromatic heterocycles. The molecule has 0 N–H and O–H groups in total. The van der Waals surface area contributed by atoms with E-state index in [-0.39, 0.29) is 0 Å². The Labute approximate surface area is 181 Å². The van der Waals surface area contributed by atoms with E-state index in [1.54, 1.807) is 0 Å². The van der Waals surface area contributed by atoms with Crippen molar-refractivity contribution in [3.63, 3.8) is 0 Å². The average molecular weight is 401 g/mol. The van der Waals surface area contributed by atoms with Crippen LogP contribution in [0.4, 0.5) is 0 Å². The number of ketones is 1. The predicted octanol–water partition coefficient (Wildman–Crippen LogP) is 7.92. The molecule has 0 unspecified atom stereocenters. The van der Waals surface area contributed by atoms with Gasteiger partial charge in [0.15, 0.2) is 0 Å². The van der Waals surface area contributed by atoms with Gasteiger partial charge in [0.1, 0.15) is 5.78 Å². The van der Waals surface area contributed by atoms with Crippen LogP contribution < -0.4 is 0 Å². The Balaban J connectivity index is 1.46. The van der Waals surface area contributed by atoms with Gasteiger partial charge in [-0.3, -0.25) is 4.79 Å². The van der Waals surface area contributed by atoms with Crippen LogP contribution in [0.2, 0.25) is 0 Å². The van der Waals surface area contributed by atoms with Crippen LogP contribution in [0, 0.1) is 58.2 Å². The van der Waals surface area contributed by atoms with Gasteiger partial charge in [0, 0.05) is 12.8 Å². The van der Waals surface area contributed by atoms with Crippen molar-refractivity contribution in [2.75, 3.05) is 0 Å². The van der Waals surface area contributed by atoms with Crippen molar-refractivity contribution < 1.29 is 4.79 Å². The first-order valence-electron chi connectivity index (χ1n) is 13.2. The fraction of sp³-hybridized carbons (Fsp3) is 0.964. The molecule has 0 radical (unpaired) electrons. The van der Waals surface area contributed by atoms with Gasteiger partial charge in [-0.25, -0.2) is 0 Å². The lowest BCUT2D eigenvalue weighted by Gasteiger charge is -2.60. The minimum Gasteiger partial charge on any atom is -0.300 e. The summed E-state index contributed by atoms with van der Waals surface area (Å²) >= 11 is 0. The third-order valence-electron chi connectivity index (χ3n) is 11.5. The van der Waals surface area contributed by atoms with E-state index in [9.17, 15) is 4.79 Å². The molecule has 0 saturated heterocycles. The second kappa shape index (κ2) is 7.98. The molecule has 0 amide bonds. The molecule has 1 nitrogen and oxygen atoms in total. The Morgan fingerprint density at radius 3 is 2.31 bits per heavy atom. The molecule has 4 rings (SSSR count). The van der Waals surface area contributed by atoms with Gasteiger partial charge in [-0.1, -0.05) is 54.4 Å². The van der Waals surface area contributed by atoms with E-state index >= 15 is 0 Å². The van der Waals surface area contributed by atoms with E-state index in [0.717, 1.165) is 54.3 Å². The molecule has 4 saturated carbocycles. The standard InChI is InChI=1S/C28H48O/c1-18(2)19(3)7-8-20(4)24-11-12-25-23-10-9-21-17-22(29)13-15-27(21,5)26(23)14-16-28(24,25)6/h18-21,23-26H,7-17H2,1-6H3/t19-,20+,21+,23-,24-,25+,26+,27+,28-/m0/s1. The molecule has 0 aromatic rings. The van der Waals surface area contributed by atoms with Crippen LogP contribution in [0.5, 0.6) is 0 Å². The molecule has 1 heteroatoms. The molecule has 9 atom stereocenters. The fourth-order valence-electron chi connectivity index (χ4n) is 9.08. The first-order chi connectivity index (χ1) is 13.7. The molecule has 166 valence electrons. The van der Waals surface area contributed by atoms with Gasteiger partial charge in [0.05, 0.1) is 0 Å². The number of carbonyl (C=O) groups excluding carboxylic acids is 1. The number of hydrogen-bond acceptors (Lipinski definition) is 1. The van der Waals surface area contributed by atoms with Crippen LogP contribution in [0.3, 0.4) is 0 Å². The summed E-state index contributed by atoms with van der Waals surface area (Å²) < 4.78 is 0. The van der Waals surface area contributed by atoms with E-state index in [0.29, 0.717) is 22.5 Å². The minimum atomic E-state index is 0.467. The molecule has 4 aliphatic carbocycles. The summed E-state index contributed by atoms with van der Waals surface area (Å²) in [5.41, 5.74) is 1.06. The Hall–Kier alpha value is -0.330. The maximum Gasteiger partial charge on any atom is 0.133 e. The smallest absolute Gasteiger partial charge is 0.133 e. The van der Waals surface area contributed by atoms with E-state index < -0.39 is 0 Å². The zero-order valence-electron chi connectivity index (χ0n) is 20.3. The number of hydrogen-bond donors (Lipinski definition) is 0. The SMILES string of the molecule is CC(C)[C@@H](C)CC[C@@H](C)[C@@H]1CC[C@@H]2[C@@H]3CC[C@@H]4CC(=O)CC[C@@]4(C)[C@@H]3CC[C@]21C. The van der Waals surface area contributed by atoms with Crippen LogP contribution in [0.1, 0.15) is 112 Å². The molecule has 0 spiro atoms. The van der Waals surface area contributed by atoms with Crippen molar-refractivity contribution >= 4 is 5.78 Å². The lowest BCUT2D eigenvalue weighted by molar-refractivity contribution is -0.140. The van der Waals surface area contributed by atoms with Gasteiger partial charge in [-0.05, 0) is 103 Å². The maximum atomic E-state index is 12.1. The second-order valence-electron chi connectivity index (χ2n) is 12.9. The number of rotatable bonds is 5. The van der Waals surface area contributed by atoms with Crippen molar-refractivity contribution in [2.45, 2.75) is 112 Å². The van der Waals surface area contributed by atoms with Crippen molar-refractivity contribution in [2.24, 2.45) is 58.2 Å². The van der Waals surface area contributed by atoms with Gasteiger partial charge in [0.25, 0.3) is 0 Å². The Bertz CT molecular complexity index is 607. The van der Waals surface area contributed by atoms with Crippen LogP contribution in [-0.2, 0) is 4.79 Å². The van der Waals surface area contributed by atoms with Crippen molar-refractivity contribution in [3.05, 3.63) is 0 Å². The molecule has 29 heavy (non-hydrogen) atoms. The number of Topliss-reactive ketones (excluding diaryl/α,β-unsaturated/α-hetero) is 1. The van der Waals surface area contributed by atoms with Crippen molar-refractivity contribution in [1.82, 2.24) is 0 Å². The van der Waals surface area contributed by atoms with Gasteiger partial charge < -0.3 is 0 Å². The zero-order chi connectivity index (χ0) is 21.0. The van der Waals surface area contributed by atoms with Crippen LogP contribution in [0.25, 0.3) is 0 Å². The van der Waals surface area contributed by atoms with Crippen molar-refractivity contribution in [3.8, 4) is 0 Å². The summed E-state index contributed by atoms with van der Waals surface area (Å²) in [6.45, 7) is 15.1. The molecular formula is C28H48O. The highest BCUT2D eigenvalue weighted by molar-refractivity contribution is 5.79. The monoisotopic (exact) mass is 400 g/mol. The number of fused-ring (bicyclic) bond motifs is 5. The summed E-state index contributed by atoms with van der Waals surface area (Å²) in [5.74, 6) is 7.60. The Kier molecular flexibility index (Phi) is 6.02. The van der Waals surface area contributed by atoms with E-state index in [2.05, 4.69) is 41.5 Å². The predicted molar refractivity (Wildman–Crippen MR) is 123 cm³/mol. The fourth-order valence-corrected chi connectivity index (χ4v) is 9.08. The second-order valence-corrected chi connectivity index (χ2v) is 12.9. The highest BCUT2D eigenvalue weighted by Crippen LogP contribution is 2.68. The molecule has 0 aromatic carbocycles. The van der Waals surface area contributed by atoms with Gasteiger partial charge in [-0.15, -0.1) is 0 Å². The lowest BCUT2D eigenvalue weighted by Crippen LogP contribution is -2.53. The summed E-state index contributed by atoms with van der Waals surface area (Å²) in [6, 6.07) is 0. The summed E-state index contributed by atoms with van der Waals surface area (Å²) in [4.78, 5) is 12.1. The quantitative estimate of drug-likeness (QED) is 0.458. The van der Waals surface area contributed by atoms with Gasteiger partial charge >= 0.3 is 0 Å². The molecular weight excluding hydrogens is 352 g/mol. The highest BCUT2D eigenvalue weighted by Gasteiger charge is 2.60. The van der Waals surface area contributed by atoms with E-state index in [1.807, 2.05) is 0 Å². The molecule has 0 bridgehead atoms. The molecule has 4 aliphatic rings. The van der Waals surface area contributed by atoms with Crippen LogP contribution in [0.15, 0.2) is 0 Å². The summed E-state index contributed by atoms with van der Waals surface area (Å²) in [5, 5.41) is 0. The van der Waals surface area contributed by atoms with Gasteiger partial charge in [0.2, 0.25) is 0 Å². The first-order valence-corrected chi connectivity index (χ1v) is 13.2. The maximum absolute atomic E-state index is 12.1. The van der Waals surface area contributed by atoms with Crippen LogP contribution >= 0.6 is 0 Å². The minimum absolute atomic E-state index is 0.467. The largest absolute Gasteiger partial charge is 0.300 e. The molecule has 0 heterocycles. The topological polar surface area (TPSA) is 17.1 Å². The third-order valence-corrected chi connectivity index (χ3v) is 11.5. The lowest BCUT2D eigenvalue weighted by atomic mass is 9.44. The normalized spacial score (nSPS) is 46.7. The molecule has 4 fully saturated rings. The highest BCUT2D eigenvalue weighted by atomic mass is 16.1. The van der Waals surface area contributed by atoms with E-state index in [1.165, 1.54) is 57.8 Å². The Morgan fingerprint density at radius 1 is 0.862 bits per heavy atom. The Morgan fingerprint density at radius 2 is 1.59 bits per heavy atom. The first kappa shape index (κ1) is 21.9. The van der Waals surface area contributed by atoms with E-state index in [4.69, 9.17) is 0 Å². The molecule has 0 aliphatic heterocycles. The third kappa shape index (κ3) is 3.65. The zero-order valence-corrected chi connectivity index (χ0v) is 20.3. The average Bonchev–Trinajstić information content (AvgIpc) is 3.03. The van der Waals surface area contributed by atoms with Crippen LogP contribution in [-0.4, -0.2) is 5.78 Å². The summed E-state index contributed by atoms with van der Waals surface area (Å²) in [6.07, 6.45) is 14.4.